The highest BCUT2D eigenvalue weighted by Crippen LogP contribution is 2.28. The van der Waals surface area contributed by atoms with Crippen LogP contribution in [0.1, 0.15) is 23.4 Å². The molecule has 0 unspecified atom stereocenters. The van der Waals surface area contributed by atoms with Crippen molar-refractivity contribution in [2.75, 3.05) is 5.73 Å². The average Bonchev–Trinajstić information content (AvgIpc) is 3.21. The Bertz CT molecular complexity index is 1260. The molecule has 4 aromatic rings. The van der Waals surface area contributed by atoms with E-state index in [9.17, 15) is 8.78 Å². The Hall–Kier alpha value is -3.75. The summed E-state index contributed by atoms with van der Waals surface area (Å²) in [6, 6.07) is 11.5. The summed E-state index contributed by atoms with van der Waals surface area (Å²) in [6.07, 6.45) is -0.860. The van der Waals surface area contributed by atoms with E-state index in [-0.39, 0.29) is 5.56 Å². The zero-order valence-corrected chi connectivity index (χ0v) is 16.8. The molecule has 0 fully saturated rings. The van der Waals surface area contributed by atoms with Gasteiger partial charge in [0, 0.05) is 41.5 Å². The molecule has 7 nitrogen and oxygen atoms in total. The van der Waals surface area contributed by atoms with E-state index in [1.165, 1.54) is 12.1 Å². The van der Waals surface area contributed by atoms with Crippen LogP contribution in [0, 0.1) is 13.8 Å². The summed E-state index contributed by atoms with van der Waals surface area (Å²) >= 11 is 0. The second-order valence-electron chi connectivity index (χ2n) is 7.02. The number of hydrogen-bond donors (Lipinski definition) is 2. The van der Waals surface area contributed by atoms with Crippen molar-refractivity contribution in [1.29, 1.82) is 0 Å². The fourth-order valence-corrected chi connectivity index (χ4v) is 3.36. The number of rotatable bonds is 3. The number of alkyl halides is 2. The highest BCUT2D eigenvalue weighted by Gasteiger charge is 2.13. The van der Waals surface area contributed by atoms with Crippen LogP contribution in [0.5, 0.6) is 0 Å². The number of aryl methyl sites for hydroxylation is 3. The number of halogens is 2. The monoisotopic (exact) mass is 409 g/mol. The molecule has 0 amide bonds. The third kappa shape index (κ3) is 3.61. The standard InChI is InChI=1S/C21H21F2N7/c1-12-10-13(2)30(27-12)18-11-17(24)26-21-16(8-9-25-18)19(28-29(21)3)14-4-6-15(7-5-14)20(22)23/h4-11,20,26H,24H2,1-3H3. The van der Waals surface area contributed by atoms with Crippen molar-refractivity contribution in [3.63, 3.8) is 0 Å². The summed E-state index contributed by atoms with van der Waals surface area (Å²) in [7, 11) is 1.78. The second-order valence-corrected chi connectivity index (χ2v) is 7.02. The van der Waals surface area contributed by atoms with E-state index < -0.39 is 6.43 Å². The first kappa shape index (κ1) is 19.6. The van der Waals surface area contributed by atoms with Crippen molar-refractivity contribution in [3.05, 3.63) is 65.6 Å². The molecule has 0 aliphatic rings. The summed E-state index contributed by atoms with van der Waals surface area (Å²) in [5.41, 5.74) is 10.0. The number of nitrogens with zero attached hydrogens (tertiary/aromatic N) is 5. The van der Waals surface area contributed by atoms with Crippen molar-refractivity contribution in [1.82, 2.24) is 29.5 Å². The zero-order valence-electron chi connectivity index (χ0n) is 16.8. The molecule has 0 saturated heterocycles. The summed E-state index contributed by atoms with van der Waals surface area (Å²) < 4.78 is 29.2. The summed E-state index contributed by atoms with van der Waals surface area (Å²) in [4.78, 5) is 7.68. The van der Waals surface area contributed by atoms with Gasteiger partial charge in [-0.25, -0.2) is 18.4 Å². The number of nitrogens with one attached hydrogen (secondary N) is 1. The fraction of sp³-hybridized carbons (Fsp3) is 0.190. The van der Waals surface area contributed by atoms with Gasteiger partial charge in [0.25, 0.3) is 6.43 Å². The lowest BCUT2D eigenvalue weighted by atomic mass is 10.1. The van der Waals surface area contributed by atoms with Crippen molar-refractivity contribution >= 4 is 16.9 Å². The lowest BCUT2D eigenvalue weighted by molar-refractivity contribution is 0.151. The van der Waals surface area contributed by atoms with Crippen molar-refractivity contribution in [2.45, 2.75) is 20.3 Å². The molecule has 154 valence electrons. The van der Waals surface area contributed by atoms with E-state index in [2.05, 4.69) is 20.2 Å². The minimum absolute atomic E-state index is 0.0330. The van der Waals surface area contributed by atoms with E-state index in [4.69, 9.17) is 5.73 Å². The maximum absolute atomic E-state index is 12.9. The number of H-pyrrole nitrogens is 1. The molecule has 0 aliphatic carbocycles. The van der Waals surface area contributed by atoms with Crippen LogP contribution in [0.15, 0.2) is 48.7 Å². The fourth-order valence-electron chi connectivity index (χ4n) is 3.36. The van der Waals surface area contributed by atoms with Crippen LogP contribution in [0.2, 0.25) is 0 Å². The molecule has 1 aromatic carbocycles. The van der Waals surface area contributed by atoms with Crippen molar-refractivity contribution in [3.8, 4) is 17.1 Å². The van der Waals surface area contributed by atoms with Gasteiger partial charge in [-0.3, -0.25) is 4.68 Å². The van der Waals surface area contributed by atoms with Gasteiger partial charge in [-0.05, 0) is 26.0 Å². The highest BCUT2D eigenvalue weighted by atomic mass is 19.3. The van der Waals surface area contributed by atoms with E-state index in [0.29, 0.717) is 28.5 Å². The van der Waals surface area contributed by atoms with Crippen molar-refractivity contribution in [2.24, 2.45) is 7.05 Å². The molecule has 3 aromatic heterocycles. The van der Waals surface area contributed by atoms with Gasteiger partial charge < -0.3 is 10.7 Å². The van der Waals surface area contributed by atoms with E-state index >= 15 is 0 Å². The van der Waals surface area contributed by atoms with E-state index in [1.807, 2.05) is 26.0 Å². The normalized spacial score (nSPS) is 11.3. The largest absolute Gasteiger partial charge is 0.385 e. The second kappa shape index (κ2) is 7.58. The maximum Gasteiger partial charge on any atom is 0.263 e. The molecule has 3 N–H and O–H groups in total. The molecule has 0 saturated carbocycles. The van der Waals surface area contributed by atoms with Gasteiger partial charge in [-0.1, -0.05) is 24.3 Å². The lowest BCUT2D eigenvalue weighted by Crippen LogP contribution is -2.01. The predicted molar refractivity (Wildman–Crippen MR) is 112 cm³/mol. The SMILES string of the molecule is Cc1cc(C)n(-c2cc(N)[nH]c3c(ccn2)c(-c2ccc(C(F)F)cc2)nn3C)n1. The first-order chi connectivity index (χ1) is 14.3. The van der Waals surface area contributed by atoms with Gasteiger partial charge in [-0.2, -0.15) is 10.2 Å². The number of nitrogen functional groups attached to an aromatic ring is 1. The first-order valence-electron chi connectivity index (χ1n) is 9.31. The van der Waals surface area contributed by atoms with Crippen LogP contribution in [0.25, 0.3) is 28.1 Å². The first-order valence-corrected chi connectivity index (χ1v) is 9.31. The van der Waals surface area contributed by atoms with E-state index in [1.54, 1.807) is 40.8 Å². The zero-order chi connectivity index (χ0) is 21.4. The predicted octanol–water partition coefficient (Wildman–Crippen LogP) is 4.41. The Morgan fingerprint density at radius 3 is 2.40 bits per heavy atom. The average molecular weight is 409 g/mol. The van der Waals surface area contributed by atoms with Gasteiger partial charge in [-0.15, -0.1) is 0 Å². The number of hydrogen-bond acceptors (Lipinski definition) is 4. The van der Waals surface area contributed by atoms with Gasteiger partial charge in [0.2, 0.25) is 0 Å². The maximum atomic E-state index is 12.9. The Morgan fingerprint density at radius 1 is 1.03 bits per heavy atom. The number of aromatic amines is 1. The van der Waals surface area contributed by atoms with Crippen LogP contribution in [0.3, 0.4) is 0 Å². The van der Waals surface area contributed by atoms with Gasteiger partial charge in [0.05, 0.1) is 5.69 Å². The van der Waals surface area contributed by atoms with Crippen LogP contribution in [0.4, 0.5) is 14.6 Å². The molecule has 4 rings (SSSR count). The summed E-state index contributed by atoms with van der Waals surface area (Å²) in [6.45, 7) is 3.85. The van der Waals surface area contributed by atoms with Gasteiger partial charge in [0.15, 0.2) is 5.82 Å². The Labute approximate surface area is 171 Å². The molecule has 0 bridgehead atoms. The summed E-state index contributed by atoms with van der Waals surface area (Å²) in [5.74, 6) is 0.930. The Kier molecular flexibility index (Phi) is 4.94. The lowest BCUT2D eigenvalue weighted by Gasteiger charge is -2.01. The van der Waals surface area contributed by atoms with Crippen LogP contribution < -0.4 is 5.73 Å². The minimum Gasteiger partial charge on any atom is -0.385 e. The van der Waals surface area contributed by atoms with E-state index in [0.717, 1.165) is 16.8 Å². The Balaban J connectivity index is 1.91. The van der Waals surface area contributed by atoms with Crippen LogP contribution >= 0.6 is 0 Å². The molecular weight excluding hydrogens is 388 g/mol. The quantitative estimate of drug-likeness (QED) is 0.524. The number of benzene rings is 1. The van der Waals surface area contributed by atoms with Gasteiger partial charge >= 0.3 is 0 Å². The third-order valence-electron chi connectivity index (χ3n) is 4.74. The molecule has 0 radical (unpaired) electrons. The number of nitrogens with two attached hydrogens (primary N) is 1. The van der Waals surface area contributed by atoms with Crippen molar-refractivity contribution < 1.29 is 8.78 Å². The van der Waals surface area contributed by atoms with Crippen LogP contribution in [-0.4, -0.2) is 29.5 Å². The van der Waals surface area contributed by atoms with Gasteiger partial charge in [0.1, 0.15) is 17.2 Å². The number of fused-ring (bicyclic) bond motifs is 1. The summed E-state index contributed by atoms with van der Waals surface area (Å²) in [5, 5.41) is 9.75. The molecule has 30 heavy (non-hydrogen) atoms. The molecule has 0 spiro atoms. The number of aromatic nitrogens is 6. The highest BCUT2D eigenvalue weighted by molar-refractivity contribution is 5.90. The minimum atomic E-state index is -2.51. The molecule has 0 aliphatic heterocycles. The smallest absolute Gasteiger partial charge is 0.263 e. The number of anilines is 1. The molecule has 9 heteroatoms. The molecular formula is C21H21F2N7. The van der Waals surface area contributed by atoms with Crippen LogP contribution in [-0.2, 0) is 7.05 Å². The molecule has 3 heterocycles. The Morgan fingerprint density at radius 2 is 1.77 bits per heavy atom. The molecule has 0 atom stereocenters. The topological polar surface area (TPSA) is 90.3 Å². The third-order valence-corrected chi connectivity index (χ3v) is 4.74.